The molecule has 0 N–H and O–H groups in total. The van der Waals surface area contributed by atoms with Gasteiger partial charge >= 0.3 is 0 Å². The summed E-state index contributed by atoms with van der Waals surface area (Å²) in [6.07, 6.45) is 8.12. The average molecular weight is 219 g/mol. The second-order valence-corrected chi connectivity index (χ2v) is 4.72. The van der Waals surface area contributed by atoms with Crippen LogP contribution in [0.3, 0.4) is 0 Å². The van der Waals surface area contributed by atoms with Crippen molar-refractivity contribution >= 4 is 15.9 Å². The Bertz CT molecular complexity index is 103. The van der Waals surface area contributed by atoms with Crippen LogP contribution < -0.4 is 0 Å². The van der Waals surface area contributed by atoms with Crippen LogP contribution in [-0.4, -0.2) is 4.32 Å². The molecule has 0 aromatic heterocycles. The summed E-state index contributed by atoms with van der Waals surface area (Å²) in [4.78, 5) is 0. The van der Waals surface area contributed by atoms with Gasteiger partial charge in [0, 0.05) is 4.32 Å². The lowest BCUT2D eigenvalue weighted by Gasteiger charge is -2.23. The Hall–Kier alpha value is 0.220. The van der Waals surface area contributed by atoms with Crippen LogP contribution in [0.4, 0.5) is 0 Å². The van der Waals surface area contributed by atoms with E-state index in [9.17, 15) is 0 Å². The number of halogens is 1. The molecule has 11 heavy (non-hydrogen) atoms. The van der Waals surface area contributed by atoms with Crippen LogP contribution >= 0.6 is 15.9 Å². The topological polar surface area (TPSA) is 0 Å². The summed E-state index contributed by atoms with van der Waals surface area (Å²) in [7, 11) is 0. The first-order valence-corrected chi connectivity index (χ1v) is 5.27. The van der Waals surface area contributed by atoms with Gasteiger partial charge in [0.1, 0.15) is 0 Å². The molecule has 0 nitrogen and oxygen atoms in total. The van der Waals surface area contributed by atoms with Crippen LogP contribution in [0.2, 0.25) is 0 Å². The lowest BCUT2D eigenvalue weighted by Crippen LogP contribution is -2.17. The molecule has 0 saturated carbocycles. The number of hydrogen-bond donors (Lipinski definition) is 0. The second kappa shape index (κ2) is 5.82. The molecule has 0 aromatic rings. The van der Waals surface area contributed by atoms with E-state index in [4.69, 9.17) is 0 Å². The summed E-state index contributed by atoms with van der Waals surface area (Å²) in [6.45, 7) is 8.20. The van der Waals surface area contributed by atoms with Gasteiger partial charge in [0.15, 0.2) is 0 Å². The van der Waals surface area contributed by atoms with E-state index in [1.807, 2.05) is 6.08 Å². The van der Waals surface area contributed by atoms with E-state index in [0.29, 0.717) is 4.32 Å². The van der Waals surface area contributed by atoms with Gasteiger partial charge in [-0.15, -0.1) is 6.58 Å². The molecule has 0 bridgehead atoms. The Morgan fingerprint density at radius 1 is 1.36 bits per heavy atom. The smallest absolute Gasteiger partial charge is 0.0253 e. The first-order chi connectivity index (χ1) is 5.18. The maximum Gasteiger partial charge on any atom is 0.0253 e. The lowest BCUT2D eigenvalue weighted by atomic mass is 9.96. The van der Waals surface area contributed by atoms with Crippen LogP contribution in [-0.2, 0) is 0 Å². The first-order valence-electron chi connectivity index (χ1n) is 4.48. The number of rotatable bonds is 6. The quantitative estimate of drug-likeness (QED) is 0.355. The van der Waals surface area contributed by atoms with Crippen molar-refractivity contribution in [2.45, 2.75) is 50.3 Å². The average Bonchev–Trinajstić information content (AvgIpc) is 2.05. The maximum atomic E-state index is 3.78. The molecule has 0 spiro atoms. The first kappa shape index (κ1) is 11.2. The summed E-state index contributed by atoms with van der Waals surface area (Å²) in [5.41, 5.74) is 0. The largest absolute Gasteiger partial charge is 0.103 e. The Labute approximate surface area is 79.2 Å². The van der Waals surface area contributed by atoms with Gasteiger partial charge in [-0.05, 0) is 32.1 Å². The molecule has 0 aliphatic carbocycles. The molecule has 0 aliphatic heterocycles. The molecule has 0 aliphatic rings. The molecule has 0 heterocycles. The van der Waals surface area contributed by atoms with Crippen molar-refractivity contribution in [3.05, 3.63) is 12.7 Å². The molecule has 0 amide bonds. The summed E-state index contributed by atoms with van der Waals surface area (Å²) >= 11 is 3.78. The Balaban J connectivity index is 3.59. The van der Waals surface area contributed by atoms with Crippen molar-refractivity contribution in [3.63, 3.8) is 0 Å². The van der Waals surface area contributed by atoms with Gasteiger partial charge < -0.3 is 0 Å². The van der Waals surface area contributed by atoms with Crippen LogP contribution in [0.15, 0.2) is 12.7 Å². The summed E-state index contributed by atoms with van der Waals surface area (Å²) in [6, 6.07) is 0. The minimum Gasteiger partial charge on any atom is -0.103 e. The third-order valence-corrected chi connectivity index (χ3v) is 3.82. The fraction of sp³-hybridized carbons (Fsp3) is 0.800. The molecule has 0 radical (unpaired) electrons. The molecule has 1 heteroatoms. The third kappa shape index (κ3) is 4.62. The van der Waals surface area contributed by atoms with Gasteiger partial charge in [-0.25, -0.2) is 0 Å². The van der Waals surface area contributed by atoms with Gasteiger partial charge in [-0.3, -0.25) is 0 Å². The number of alkyl halides is 1. The summed E-state index contributed by atoms with van der Waals surface area (Å²) in [5, 5.41) is 0. The number of unbranched alkanes of at least 4 members (excludes halogenated alkanes) is 1. The van der Waals surface area contributed by atoms with Crippen LogP contribution in [0.1, 0.15) is 46.0 Å². The molecular weight excluding hydrogens is 200 g/mol. The number of hydrogen-bond acceptors (Lipinski definition) is 0. The van der Waals surface area contributed by atoms with E-state index in [0.717, 1.165) is 6.42 Å². The zero-order valence-electron chi connectivity index (χ0n) is 7.70. The molecule has 0 rings (SSSR count). The molecule has 0 fully saturated rings. The van der Waals surface area contributed by atoms with Gasteiger partial charge in [0.05, 0.1) is 0 Å². The van der Waals surface area contributed by atoms with Crippen LogP contribution in [0, 0.1) is 0 Å². The Morgan fingerprint density at radius 2 is 1.91 bits per heavy atom. The highest BCUT2D eigenvalue weighted by molar-refractivity contribution is 9.10. The maximum absolute atomic E-state index is 3.78. The standard InChI is InChI=1S/C10H19Br/c1-4-7-8-9-10(11,5-2)6-3/h4H,1,5-9H2,2-3H3. The fourth-order valence-corrected chi connectivity index (χ4v) is 1.45. The van der Waals surface area contributed by atoms with E-state index >= 15 is 0 Å². The molecule has 66 valence electrons. The monoisotopic (exact) mass is 218 g/mol. The van der Waals surface area contributed by atoms with Gasteiger partial charge in [-0.2, -0.15) is 0 Å². The van der Waals surface area contributed by atoms with E-state index in [1.165, 1.54) is 25.7 Å². The normalized spacial score (nSPS) is 11.5. The van der Waals surface area contributed by atoms with Crippen molar-refractivity contribution < 1.29 is 0 Å². The number of allylic oxidation sites excluding steroid dienone is 1. The summed E-state index contributed by atoms with van der Waals surface area (Å²) < 4.78 is 0.399. The molecule has 0 atom stereocenters. The van der Waals surface area contributed by atoms with E-state index in [1.54, 1.807) is 0 Å². The van der Waals surface area contributed by atoms with Crippen molar-refractivity contribution in [1.29, 1.82) is 0 Å². The molecular formula is C10H19Br. The highest BCUT2D eigenvalue weighted by Crippen LogP contribution is 2.31. The Morgan fingerprint density at radius 3 is 2.27 bits per heavy atom. The third-order valence-electron chi connectivity index (χ3n) is 2.30. The second-order valence-electron chi connectivity index (χ2n) is 3.04. The van der Waals surface area contributed by atoms with Gasteiger partial charge in [0.2, 0.25) is 0 Å². The van der Waals surface area contributed by atoms with E-state index in [2.05, 4.69) is 36.4 Å². The fourth-order valence-electron chi connectivity index (χ4n) is 1.17. The highest BCUT2D eigenvalue weighted by Gasteiger charge is 2.20. The van der Waals surface area contributed by atoms with Gasteiger partial charge in [-0.1, -0.05) is 35.9 Å². The summed E-state index contributed by atoms with van der Waals surface area (Å²) in [5.74, 6) is 0. The van der Waals surface area contributed by atoms with Crippen LogP contribution in [0.5, 0.6) is 0 Å². The SMILES string of the molecule is C=CCCCC(Br)(CC)CC. The molecule has 0 saturated heterocycles. The van der Waals surface area contributed by atoms with Gasteiger partial charge in [0.25, 0.3) is 0 Å². The van der Waals surface area contributed by atoms with Crippen molar-refractivity contribution in [3.8, 4) is 0 Å². The zero-order valence-corrected chi connectivity index (χ0v) is 9.28. The van der Waals surface area contributed by atoms with E-state index < -0.39 is 0 Å². The van der Waals surface area contributed by atoms with Crippen molar-refractivity contribution in [1.82, 2.24) is 0 Å². The molecule has 0 unspecified atom stereocenters. The predicted molar refractivity (Wildman–Crippen MR) is 56.3 cm³/mol. The highest BCUT2D eigenvalue weighted by atomic mass is 79.9. The molecule has 0 aromatic carbocycles. The minimum atomic E-state index is 0.399. The Kier molecular flexibility index (Phi) is 5.93. The zero-order chi connectivity index (χ0) is 8.74. The van der Waals surface area contributed by atoms with Crippen molar-refractivity contribution in [2.75, 3.05) is 0 Å². The van der Waals surface area contributed by atoms with Crippen molar-refractivity contribution in [2.24, 2.45) is 0 Å². The van der Waals surface area contributed by atoms with E-state index in [-0.39, 0.29) is 0 Å². The van der Waals surface area contributed by atoms with Crippen LogP contribution in [0.25, 0.3) is 0 Å². The minimum absolute atomic E-state index is 0.399. The lowest BCUT2D eigenvalue weighted by molar-refractivity contribution is 0.503. The predicted octanol–water partition coefficient (Wildman–Crippen LogP) is 4.30.